The van der Waals surface area contributed by atoms with Crippen molar-refractivity contribution < 1.29 is 19.4 Å². The Labute approximate surface area is 138 Å². The number of aliphatic hydroxyl groups is 1. The highest BCUT2D eigenvalue weighted by atomic mass is 35.5. The molecule has 0 aromatic heterocycles. The molecule has 1 aromatic rings. The SMILES string of the molecule is CC1(C)CC(=O)C(=C(O)COc2ccc(Cl)cc2Cl)C(=O)C1. The molecule has 1 N–H and O–H groups in total. The molecular formula is C16H16Cl2O4. The van der Waals surface area contributed by atoms with Crippen LogP contribution in [0.1, 0.15) is 26.7 Å². The van der Waals surface area contributed by atoms with E-state index in [4.69, 9.17) is 27.9 Å². The molecule has 0 radical (unpaired) electrons. The fourth-order valence-corrected chi connectivity index (χ4v) is 2.86. The standard InChI is InChI=1S/C16H16Cl2O4/c1-16(2)6-11(19)15(12(20)7-16)13(21)8-22-14-4-3-9(17)5-10(14)18/h3-5,21H,6-8H2,1-2H3. The molecular weight excluding hydrogens is 327 g/mol. The molecule has 6 heteroatoms. The first-order chi connectivity index (χ1) is 10.2. The zero-order chi connectivity index (χ0) is 16.5. The van der Waals surface area contributed by atoms with Crippen molar-refractivity contribution in [3.05, 3.63) is 39.6 Å². The van der Waals surface area contributed by atoms with Crippen LogP contribution in [0.3, 0.4) is 0 Å². The number of hydrogen-bond donors (Lipinski definition) is 1. The number of allylic oxidation sites excluding steroid dienone is 1. The first-order valence-corrected chi connectivity index (χ1v) is 7.51. The molecule has 2 rings (SSSR count). The van der Waals surface area contributed by atoms with Gasteiger partial charge in [-0.1, -0.05) is 37.0 Å². The molecule has 0 amide bonds. The van der Waals surface area contributed by atoms with E-state index in [0.717, 1.165) is 0 Å². The molecule has 1 fully saturated rings. The van der Waals surface area contributed by atoms with Crippen LogP contribution in [0.4, 0.5) is 0 Å². The molecule has 4 nitrogen and oxygen atoms in total. The van der Waals surface area contributed by atoms with Gasteiger partial charge in [-0.3, -0.25) is 9.59 Å². The summed E-state index contributed by atoms with van der Waals surface area (Å²) in [6.07, 6.45) is 0.444. The van der Waals surface area contributed by atoms with Crippen molar-refractivity contribution in [2.24, 2.45) is 5.41 Å². The number of benzene rings is 1. The van der Waals surface area contributed by atoms with Gasteiger partial charge in [-0.25, -0.2) is 0 Å². The average molecular weight is 343 g/mol. The second-order valence-electron chi connectivity index (χ2n) is 6.05. The molecule has 1 aliphatic rings. The van der Waals surface area contributed by atoms with Crippen molar-refractivity contribution in [1.82, 2.24) is 0 Å². The van der Waals surface area contributed by atoms with Crippen LogP contribution in [0.2, 0.25) is 10.0 Å². The molecule has 0 spiro atoms. The van der Waals surface area contributed by atoms with E-state index in [1.807, 2.05) is 13.8 Å². The van der Waals surface area contributed by atoms with Gasteiger partial charge >= 0.3 is 0 Å². The maximum Gasteiger partial charge on any atom is 0.170 e. The molecule has 0 heterocycles. The van der Waals surface area contributed by atoms with Gasteiger partial charge in [0.2, 0.25) is 0 Å². The maximum atomic E-state index is 12.0. The monoisotopic (exact) mass is 342 g/mol. The van der Waals surface area contributed by atoms with Gasteiger partial charge in [0.15, 0.2) is 11.6 Å². The fraction of sp³-hybridized carbons (Fsp3) is 0.375. The number of rotatable bonds is 3. The summed E-state index contributed by atoms with van der Waals surface area (Å²) in [4.78, 5) is 24.1. The molecule has 0 saturated heterocycles. The predicted octanol–water partition coefficient (Wildman–Crippen LogP) is 4.14. The molecule has 118 valence electrons. The Balaban J connectivity index is 2.15. The van der Waals surface area contributed by atoms with Crippen LogP contribution in [0.15, 0.2) is 29.5 Å². The van der Waals surface area contributed by atoms with Crippen molar-refractivity contribution in [1.29, 1.82) is 0 Å². The summed E-state index contributed by atoms with van der Waals surface area (Å²) < 4.78 is 5.35. The van der Waals surface area contributed by atoms with E-state index >= 15 is 0 Å². The second-order valence-corrected chi connectivity index (χ2v) is 6.89. The number of hydrogen-bond acceptors (Lipinski definition) is 4. The highest BCUT2D eigenvalue weighted by Crippen LogP contribution is 2.34. The lowest BCUT2D eigenvalue weighted by molar-refractivity contribution is -0.127. The van der Waals surface area contributed by atoms with Crippen molar-refractivity contribution in [2.75, 3.05) is 6.61 Å². The van der Waals surface area contributed by atoms with E-state index in [9.17, 15) is 14.7 Å². The quantitative estimate of drug-likeness (QED) is 0.509. The number of halogens is 2. The molecule has 0 bridgehead atoms. The second kappa shape index (κ2) is 6.31. The zero-order valence-corrected chi connectivity index (χ0v) is 13.8. The number of carbonyl (C=O) groups excluding carboxylic acids is 2. The minimum atomic E-state index is -0.377. The predicted molar refractivity (Wildman–Crippen MR) is 84.6 cm³/mol. The third kappa shape index (κ3) is 3.81. The normalized spacial score (nSPS) is 17.5. The summed E-state index contributed by atoms with van der Waals surface area (Å²) in [5.74, 6) is -0.764. The summed E-state index contributed by atoms with van der Waals surface area (Å²) in [5, 5.41) is 10.8. The Morgan fingerprint density at radius 1 is 1.23 bits per heavy atom. The van der Waals surface area contributed by atoms with Crippen LogP contribution in [-0.2, 0) is 9.59 Å². The molecule has 1 saturated carbocycles. The van der Waals surface area contributed by atoms with E-state index in [1.165, 1.54) is 6.07 Å². The van der Waals surface area contributed by atoms with Gasteiger partial charge in [-0.2, -0.15) is 0 Å². The molecule has 0 unspecified atom stereocenters. The number of ether oxygens (including phenoxy) is 1. The third-order valence-corrected chi connectivity index (χ3v) is 3.91. The van der Waals surface area contributed by atoms with E-state index in [-0.39, 0.29) is 52.8 Å². The minimum Gasteiger partial charge on any atom is -0.508 e. The van der Waals surface area contributed by atoms with E-state index < -0.39 is 0 Å². The van der Waals surface area contributed by atoms with Crippen LogP contribution in [0.25, 0.3) is 0 Å². The van der Waals surface area contributed by atoms with Crippen LogP contribution >= 0.6 is 23.2 Å². The highest BCUT2D eigenvalue weighted by Gasteiger charge is 2.37. The number of aliphatic hydroxyl groups excluding tert-OH is 1. The van der Waals surface area contributed by atoms with Gasteiger partial charge in [-0.05, 0) is 23.6 Å². The Kier molecular flexibility index (Phi) is 4.83. The van der Waals surface area contributed by atoms with Crippen molar-refractivity contribution in [2.45, 2.75) is 26.7 Å². The van der Waals surface area contributed by atoms with Gasteiger partial charge in [0.25, 0.3) is 0 Å². The third-order valence-electron chi connectivity index (χ3n) is 3.38. The molecule has 0 atom stereocenters. The van der Waals surface area contributed by atoms with E-state index in [1.54, 1.807) is 12.1 Å². The number of carbonyl (C=O) groups is 2. The molecule has 1 aromatic carbocycles. The van der Waals surface area contributed by atoms with Crippen LogP contribution in [0, 0.1) is 5.41 Å². The largest absolute Gasteiger partial charge is 0.508 e. The van der Waals surface area contributed by atoms with E-state index in [2.05, 4.69) is 0 Å². The van der Waals surface area contributed by atoms with Gasteiger partial charge < -0.3 is 9.84 Å². The summed E-state index contributed by atoms with van der Waals surface area (Å²) in [7, 11) is 0. The summed E-state index contributed by atoms with van der Waals surface area (Å²) in [6.45, 7) is 3.40. The van der Waals surface area contributed by atoms with Gasteiger partial charge in [-0.15, -0.1) is 0 Å². The maximum absolute atomic E-state index is 12.0. The summed E-state index contributed by atoms with van der Waals surface area (Å²) in [5.41, 5.74) is -0.539. The van der Waals surface area contributed by atoms with Crippen molar-refractivity contribution >= 4 is 34.8 Å². The molecule has 1 aliphatic carbocycles. The lowest BCUT2D eigenvalue weighted by atomic mass is 9.74. The fourth-order valence-electron chi connectivity index (χ4n) is 2.40. The topological polar surface area (TPSA) is 63.6 Å². The smallest absolute Gasteiger partial charge is 0.170 e. The van der Waals surface area contributed by atoms with Crippen LogP contribution in [-0.4, -0.2) is 23.3 Å². The summed E-state index contributed by atoms with van der Waals surface area (Å²) >= 11 is 11.7. The lowest BCUT2D eigenvalue weighted by Crippen LogP contribution is -2.33. The molecule has 22 heavy (non-hydrogen) atoms. The number of Topliss-reactive ketones (excluding diaryl/α,β-unsaturated/α-hetero) is 2. The van der Waals surface area contributed by atoms with Crippen LogP contribution in [0.5, 0.6) is 5.75 Å². The highest BCUT2D eigenvalue weighted by molar-refractivity contribution is 6.35. The van der Waals surface area contributed by atoms with Crippen molar-refractivity contribution in [3.63, 3.8) is 0 Å². The van der Waals surface area contributed by atoms with Gasteiger partial charge in [0, 0.05) is 17.9 Å². The van der Waals surface area contributed by atoms with Crippen molar-refractivity contribution in [3.8, 4) is 5.75 Å². The Hall–Kier alpha value is -1.52. The van der Waals surface area contributed by atoms with Gasteiger partial charge in [0.05, 0.1) is 5.02 Å². The minimum absolute atomic E-state index is 0.163. The number of ketones is 2. The first-order valence-electron chi connectivity index (χ1n) is 6.76. The Morgan fingerprint density at radius 2 is 1.82 bits per heavy atom. The zero-order valence-electron chi connectivity index (χ0n) is 12.3. The van der Waals surface area contributed by atoms with Gasteiger partial charge in [0.1, 0.15) is 23.7 Å². The van der Waals surface area contributed by atoms with E-state index in [0.29, 0.717) is 10.8 Å². The average Bonchev–Trinajstić information content (AvgIpc) is 2.35. The Morgan fingerprint density at radius 3 is 2.36 bits per heavy atom. The summed E-state index contributed by atoms with van der Waals surface area (Å²) in [6, 6.07) is 4.64. The first kappa shape index (κ1) is 16.8. The Bertz CT molecular complexity index is 640. The lowest BCUT2D eigenvalue weighted by Gasteiger charge is -2.28. The molecule has 0 aliphatic heterocycles. The van der Waals surface area contributed by atoms with Crippen LogP contribution < -0.4 is 4.74 Å².